The molecule has 4 nitrogen and oxygen atoms in total. The summed E-state index contributed by atoms with van der Waals surface area (Å²) in [5.41, 5.74) is 4.05. The number of hydrogen-bond donors (Lipinski definition) is 1. The number of likely N-dealkylation sites (N-methyl/N-ethyl adjacent to an activating group) is 1. The lowest BCUT2D eigenvalue weighted by Gasteiger charge is -2.28. The predicted molar refractivity (Wildman–Crippen MR) is 105 cm³/mol. The third kappa shape index (κ3) is 5.09. The van der Waals surface area contributed by atoms with Crippen LogP contribution in [0.2, 0.25) is 5.02 Å². The molecule has 138 valence electrons. The van der Waals surface area contributed by atoms with Gasteiger partial charge in [0.15, 0.2) is 0 Å². The molecule has 0 saturated heterocycles. The summed E-state index contributed by atoms with van der Waals surface area (Å²) in [4.78, 5) is 26.8. The van der Waals surface area contributed by atoms with Crippen LogP contribution in [-0.2, 0) is 22.6 Å². The highest BCUT2D eigenvalue weighted by atomic mass is 35.5. The van der Waals surface area contributed by atoms with Gasteiger partial charge in [0.25, 0.3) is 0 Å². The number of hydrogen-bond acceptors (Lipinski definition) is 2. The topological polar surface area (TPSA) is 49.4 Å². The molecule has 2 aromatic carbocycles. The van der Waals surface area contributed by atoms with Crippen LogP contribution in [0.3, 0.4) is 0 Å². The Balaban J connectivity index is 2.28. The number of carbonyl (C=O) groups is 2. The van der Waals surface area contributed by atoms with Crippen molar-refractivity contribution >= 4 is 23.4 Å². The van der Waals surface area contributed by atoms with Crippen LogP contribution in [0, 0.1) is 13.8 Å². The van der Waals surface area contributed by atoms with Gasteiger partial charge in [-0.2, -0.15) is 0 Å². The highest BCUT2D eigenvalue weighted by molar-refractivity contribution is 6.30. The molecule has 26 heavy (non-hydrogen) atoms. The number of nitrogens with zero attached hydrogens (tertiary/aromatic N) is 1. The van der Waals surface area contributed by atoms with Crippen molar-refractivity contribution < 1.29 is 9.59 Å². The van der Waals surface area contributed by atoms with Crippen LogP contribution >= 0.6 is 11.6 Å². The van der Waals surface area contributed by atoms with Crippen LogP contribution < -0.4 is 5.32 Å². The number of amides is 2. The van der Waals surface area contributed by atoms with E-state index in [4.69, 9.17) is 11.6 Å². The average molecular weight is 373 g/mol. The SMILES string of the molecule is CNC(=O)[C@@H](C)N(Cc1cccc(Cl)c1)C(=O)Cc1cc(C)ccc1C. The van der Waals surface area contributed by atoms with E-state index < -0.39 is 6.04 Å². The molecule has 2 rings (SSSR count). The molecule has 0 heterocycles. The highest BCUT2D eigenvalue weighted by Crippen LogP contribution is 2.17. The molecule has 0 aliphatic rings. The monoisotopic (exact) mass is 372 g/mol. The number of rotatable bonds is 6. The van der Waals surface area contributed by atoms with Gasteiger partial charge in [-0.05, 0) is 49.6 Å². The van der Waals surface area contributed by atoms with Gasteiger partial charge in [0.1, 0.15) is 6.04 Å². The summed E-state index contributed by atoms with van der Waals surface area (Å²) in [6.45, 7) is 6.07. The van der Waals surface area contributed by atoms with E-state index in [2.05, 4.69) is 5.32 Å². The maximum absolute atomic E-state index is 13.0. The van der Waals surface area contributed by atoms with Crippen LogP contribution in [0.1, 0.15) is 29.2 Å². The molecule has 5 heteroatoms. The van der Waals surface area contributed by atoms with E-state index in [1.165, 1.54) is 0 Å². The Labute approximate surface area is 160 Å². The molecule has 0 fully saturated rings. The van der Waals surface area contributed by atoms with Crippen molar-refractivity contribution in [3.8, 4) is 0 Å². The second-order valence-corrected chi connectivity index (χ2v) is 6.98. The van der Waals surface area contributed by atoms with E-state index in [0.717, 1.165) is 22.3 Å². The summed E-state index contributed by atoms with van der Waals surface area (Å²) < 4.78 is 0. The van der Waals surface area contributed by atoms with E-state index in [9.17, 15) is 9.59 Å². The van der Waals surface area contributed by atoms with Gasteiger partial charge in [0.05, 0.1) is 6.42 Å². The summed E-state index contributed by atoms with van der Waals surface area (Å²) in [5.74, 6) is -0.281. The maximum atomic E-state index is 13.0. The molecule has 0 aromatic heterocycles. The second kappa shape index (κ2) is 8.86. The molecule has 1 atom stereocenters. The molecule has 0 saturated carbocycles. The van der Waals surface area contributed by atoms with Crippen molar-refractivity contribution in [3.63, 3.8) is 0 Å². The fourth-order valence-electron chi connectivity index (χ4n) is 2.88. The first-order chi connectivity index (χ1) is 12.3. The highest BCUT2D eigenvalue weighted by Gasteiger charge is 2.25. The van der Waals surface area contributed by atoms with E-state index >= 15 is 0 Å². The molecular weight excluding hydrogens is 348 g/mol. The molecular formula is C21H25ClN2O2. The summed E-state index contributed by atoms with van der Waals surface area (Å²) in [7, 11) is 1.57. The van der Waals surface area contributed by atoms with Crippen LogP contribution in [-0.4, -0.2) is 29.8 Å². The summed E-state index contributed by atoms with van der Waals surface area (Å²) in [5, 5.41) is 3.23. The minimum Gasteiger partial charge on any atom is -0.357 e. The number of benzene rings is 2. The number of nitrogens with one attached hydrogen (secondary N) is 1. The normalized spacial score (nSPS) is 11.7. The fourth-order valence-corrected chi connectivity index (χ4v) is 3.09. The van der Waals surface area contributed by atoms with E-state index in [-0.39, 0.29) is 18.2 Å². The number of carbonyl (C=O) groups excluding carboxylic acids is 2. The summed E-state index contributed by atoms with van der Waals surface area (Å²) >= 11 is 6.06. The zero-order valence-corrected chi connectivity index (χ0v) is 16.4. The fraction of sp³-hybridized carbons (Fsp3) is 0.333. The molecule has 2 amide bonds. The van der Waals surface area contributed by atoms with Crippen molar-refractivity contribution in [1.82, 2.24) is 10.2 Å². The minimum absolute atomic E-state index is 0.0882. The Morgan fingerprint density at radius 3 is 2.54 bits per heavy atom. The Hall–Kier alpha value is -2.33. The van der Waals surface area contributed by atoms with Gasteiger partial charge in [-0.15, -0.1) is 0 Å². The zero-order valence-electron chi connectivity index (χ0n) is 15.7. The first-order valence-electron chi connectivity index (χ1n) is 8.63. The second-order valence-electron chi connectivity index (χ2n) is 6.55. The van der Waals surface area contributed by atoms with Crippen LogP contribution in [0.25, 0.3) is 0 Å². The van der Waals surface area contributed by atoms with Crippen LogP contribution in [0.4, 0.5) is 0 Å². The van der Waals surface area contributed by atoms with Gasteiger partial charge in [0.2, 0.25) is 11.8 Å². The Morgan fingerprint density at radius 1 is 1.15 bits per heavy atom. The van der Waals surface area contributed by atoms with Crippen LogP contribution in [0.15, 0.2) is 42.5 Å². The third-order valence-corrected chi connectivity index (χ3v) is 4.74. The van der Waals surface area contributed by atoms with Crippen molar-refractivity contribution in [2.75, 3.05) is 7.05 Å². The predicted octanol–water partition coefficient (Wildman–Crippen LogP) is 3.66. The minimum atomic E-state index is -0.573. The molecule has 0 unspecified atom stereocenters. The Kier molecular flexibility index (Phi) is 6.81. The Morgan fingerprint density at radius 2 is 1.88 bits per heavy atom. The first kappa shape index (κ1) is 20.0. The van der Waals surface area contributed by atoms with Gasteiger partial charge in [-0.25, -0.2) is 0 Å². The van der Waals surface area contributed by atoms with Gasteiger partial charge in [-0.3, -0.25) is 9.59 Å². The molecule has 0 aliphatic heterocycles. The molecule has 2 aromatic rings. The van der Waals surface area contributed by atoms with Crippen LogP contribution in [0.5, 0.6) is 0 Å². The van der Waals surface area contributed by atoms with Gasteiger partial charge in [-0.1, -0.05) is 47.5 Å². The lowest BCUT2D eigenvalue weighted by molar-refractivity contribution is -0.139. The van der Waals surface area contributed by atoms with Crippen molar-refractivity contribution in [2.24, 2.45) is 0 Å². The average Bonchev–Trinajstić information content (AvgIpc) is 2.61. The zero-order chi connectivity index (χ0) is 19.3. The van der Waals surface area contributed by atoms with Crippen molar-refractivity contribution in [3.05, 3.63) is 69.7 Å². The quantitative estimate of drug-likeness (QED) is 0.841. The van der Waals surface area contributed by atoms with Crippen molar-refractivity contribution in [1.29, 1.82) is 0 Å². The number of aryl methyl sites for hydroxylation is 2. The Bertz CT molecular complexity index is 804. The van der Waals surface area contributed by atoms with Gasteiger partial charge < -0.3 is 10.2 Å². The molecule has 1 N–H and O–H groups in total. The van der Waals surface area contributed by atoms with Crippen molar-refractivity contribution in [2.45, 2.75) is 39.8 Å². The molecule has 0 aliphatic carbocycles. The third-order valence-electron chi connectivity index (χ3n) is 4.50. The molecule has 0 spiro atoms. The molecule has 0 radical (unpaired) electrons. The first-order valence-corrected chi connectivity index (χ1v) is 9.01. The van der Waals surface area contributed by atoms with E-state index in [1.54, 1.807) is 24.9 Å². The maximum Gasteiger partial charge on any atom is 0.242 e. The summed E-state index contributed by atoms with van der Waals surface area (Å²) in [6.07, 6.45) is 0.259. The smallest absolute Gasteiger partial charge is 0.242 e. The lowest BCUT2D eigenvalue weighted by atomic mass is 10.0. The van der Waals surface area contributed by atoms with Gasteiger partial charge in [0, 0.05) is 18.6 Å². The molecule has 0 bridgehead atoms. The summed E-state index contributed by atoms with van der Waals surface area (Å²) in [6, 6.07) is 12.8. The standard InChI is InChI=1S/C21H25ClN2O2/c1-14-8-9-15(2)18(10-14)12-20(25)24(16(3)21(26)23-4)13-17-6-5-7-19(22)11-17/h5-11,16H,12-13H2,1-4H3,(H,23,26)/t16-/m1/s1. The van der Waals surface area contributed by atoms with Gasteiger partial charge >= 0.3 is 0 Å². The largest absolute Gasteiger partial charge is 0.357 e. The van der Waals surface area contributed by atoms with E-state index in [1.807, 2.05) is 50.2 Å². The number of halogens is 1. The lowest BCUT2D eigenvalue weighted by Crippen LogP contribution is -2.47. The van der Waals surface area contributed by atoms with E-state index in [0.29, 0.717) is 11.6 Å².